The number of ether oxygens (including phenoxy) is 2. The second kappa shape index (κ2) is 9.83. The largest absolute Gasteiger partial charge is 0.507 e. The van der Waals surface area contributed by atoms with E-state index in [1.165, 1.54) is 4.90 Å². The molecule has 1 aliphatic heterocycles. The van der Waals surface area contributed by atoms with Gasteiger partial charge in [0.2, 0.25) is 0 Å². The summed E-state index contributed by atoms with van der Waals surface area (Å²) in [5.41, 5.74) is 3.35. The average molecular weight is 458 g/mol. The predicted molar refractivity (Wildman–Crippen MR) is 130 cm³/mol. The molecule has 1 unspecified atom stereocenters. The summed E-state index contributed by atoms with van der Waals surface area (Å²) in [7, 11) is 3.19. The van der Waals surface area contributed by atoms with Crippen molar-refractivity contribution in [2.45, 2.75) is 19.4 Å². The average Bonchev–Trinajstić information content (AvgIpc) is 3.12. The van der Waals surface area contributed by atoms with Crippen LogP contribution in [0.3, 0.4) is 0 Å². The third kappa shape index (κ3) is 4.53. The number of hydrogen-bond acceptors (Lipinski definition) is 5. The lowest BCUT2D eigenvalue weighted by atomic mass is 9.95. The lowest BCUT2D eigenvalue weighted by molar-refractivity contribution is -0.139. The molecule has 0 spiro atoms. The third-order valence-electron chi connectivity index (χ3n) is 6.10. The molecule has 0 bridgehead atoms. The van der Waals surface area contributed by atoms with E-state index in [4.69, 9.17) is 9.47 Å². The highest BCUT2D eigenvalue weighted by Crippen LogP contribution is 2.40. The van der Waals surface area contributed by atoms with E-state index in [0.29, 0.717) is 24.3 Å². The molecule has 1 atom stereocenters. The van der Waals surface area contributed by atoms with Gasteiger partial charge in [-0.05, 0) is 48.7 Å². The molecule has 3 aromatic carbocycles. The first kappa shape index (κ1) is 23.1. The predicted octanol–water partition coefficient (Wildman–Crippen LogP) is 4.68. The molecule has 0 aliphatic carbocycles. The Kier molecular flexibility index (Phi) is 6.68. The maximum atomic E-state index is 13.1. The van der Waals surface area contributed by atoms with Crippen LogP contribution in [0.15, 0.2) is 78.4 Å². The highest BCUT2D eigenvalue weighted by Gasteiger charge is 2.45. The Morgan fingerprint density at radius 2 is 1.41 bits per heavy atom. The Balaban J connectivity index is 1.73. The van der Waals surface area contributed by atoms with Crippen molar-refractivity contribution in [2.75, 3.05) is 20.8 Å². The Hall–Kier alpha value is -4.06. The molecule has 1 amide bonds. The van der Waals surface area contributed by atoms with Crippen molar-refractivity contribution in [1.82, 2.24) is 4.90 Å². The van der Waals surface area contributed by atoms with Gasteiger partial charge in [-0.1, -0.05) is 54.1 Å². The number of Topliss-reactive ketones (excluding diaryl/α,β-unsaturated/α-hetero) is 1. The molecule has 1 aliphatic rings. The van der Waals surface area contributed by atoms with Crippen molar-refractivity contribution in [2.24, 2.45) is 0 Å². The number of aryl methyl sites for hydroxylation is 1. The van der Waals surface area contributed by atoms with Gasteiger partial charge < -0.3 is 19.5 Å². The number of nitrogens with zero attached hydrogens (tertiary/aromatic N) is 1. The minimum absolute atomic E-state index is 0.0914. The Labute approximate surface area is 199 Å². The first-order valence-electron chi connectivity index (χ1n) is 11.0. The number of carbonyl (C=O) groups excluding carboxylic acids is 2. The van der Waals surface area contributed by atoms with Crippen LogP contribution in [-0.4, -0.2) is 42.5 Å². The molecule has 1 saturated heterocycles. The van der Waals surface area contributed by atoms with Gasteiger partial charge in [-0.3, -0.25) is 9.59 Å². The summed E-state index contributed by atoms with van der Waals surface area (Å²) in [4.78, 5) is 27.8. The molecule has 3 aromatic rings. The second-order valence-electron chi connectivity index (χ2n) is 8.23. The van der Waals surface area contributed by atoms with Crippen LogP contribution in [0, 0.1) is 6.92 Å². The van der Waals surface area contributed by atoms with Crippen LogP contribution in [0.2, 0.25) is 0 Å². The molecule has 4 rings (SSSR count). The van der Waals surface area contributed by atoms with E-state index in [1.54, 1.807) is 38.5 Å². The van der Waals surface area contributed by atoms with E-state index in [9.17, 15) is 14.7 Å². The summed E-state index contributed by atoms with van der Waals surface area (Å²) in [5, 5.41) is 11.1. The molecule has 34 heavy (non-hydrogen) atoms. The standard InChI is InChI=1S/C28H27NO5/c1-18-4-8-21(9-5-18)26(30)24-25(20-10-14-23(34-3)15-11-20)29(28(32)27(24)31)17-16-19-6-12-22(33-2)13-7-19/h4-15,25,30H,16-17H2,1-3H3/b26-24-. The van der Waals surface area contributed by atoms with Crippen LogP contribution < -0.4 is 9.47 Å². The quantitative estimate of drug-likeness (QED) is 0.317. The van der Waals surface area contributed by atoms with Gasteiger partial charge in [0.15, 0.2) is 0 Å². The summed E-state index contributed by atoms with van der Waals surface area (Å²) in [5.74, 6) is -0.0688. The van der Waals surface area contributed by atoms with Gasteiger partial charge in [-0.15, -0.1) is 0 Å². The van der Waals surface area contributed by atoms with Gasteiger partial charge in [-0.2, -0.15) is 0 Å². The summed E-state index contributed by atoms with van der Waals surface area (Å²) in [6, 6.07) is 21.3. The molecule has 0 saturated carbocycles. The number of aliphatic hydroxyl groups excluding tert-OH is 1. The SMILES string of the molecule is COc1ccc(CCN2C(=O)C(=O)/C(=C(\O)c3ccc(C)cc3)C2c2ccc(OC)cc2)cc1. The summed E-state index contributed by atoms with van der Waals surface area (Å²) in [6.07, 6.45) is 0.550. The van der Waals surface area contributed by atoms with Crippen LogP contribution in [0.25, 0.3) is 5.76 Å². The second-order valence-corrected chi connectivity index (χ2v) is 8.23. The maximum absolute atomic E-state index is 13.1. The van der Waals surface area contributed by atoms with Crippen LogP contribution in [-0.2, 0) is 16.0 Å². The van der Waals surface area contributed by atoms with Gasteiger partial charge in [0.1, 0.15) is 17.3 Å². The minimum Gasteiger partial charge on any atom is -0.507 e. The molecular weight excluding hydrogens is 430 g/mol. The fourth-order valence-corrected chi connectivity index (χ4v) is 4.15. The molecule has 6 heteroatoms. The van der Waals surface area contributed by atoms with Crippen molar-refractivity contribution in [3.8, 4) is 11.5 Å². The highest BCUT2D eigenvalue weighted by molar-refractivity contribution is 6.46. The van der Waals surface area contributed by atoms with Crippen molar-refractivity contribution in [3.63, 3.8) is 0 Å². The molecule has 1 N–H and O–H groups in total. The fourth-order valence-electron chi connectivity index (χ4n) is 4.15. The monoisotopic (exact) mass is 457 g/mol. The van der Waals surface area contributed by atoms with Gasteiger partial charge in [0.25, 0.3) is 11.7 Å². The molecule has 1 fully saturated rings. The first-order valence-corrected chi connectivity index (χ1v) is 11.0. The minimum atomic E-state index is -0.703. The number of likely N-dealkylation sites (tertiary alicyclic amines) is 1. The van der Waals surface area contributed by atoms with Crippen molar-refractivity contribution < 1.29 is 24.2 Å². The van der Waals surface area contributed by atoms with Crippen LogP contribution in [0.1, 0.15) is 28.3 Å². The van der Waals surface area contributed by atoms with E-state index in [-0.39, 0.29) is 11.3 Å². The molecule has 0 radical (unpaired) electrons. The topological polar surface area (TPSA) is 76.1 Å². The van der Waals surface area contributed by atoms with Gasteiger partial charge in [-0.25, -0.2) is 0 Å². The fraction of sp³-hybridized carbons (Fsp3) is 0.214. The lowest BCUT2D eigenvalue weighted by Gasteiger charge is -2.25. The normalized spacial score (nSPS) is 17.1. The highest BCUT2D eigenvalue weighted by atomic mass is 16.5. The van der Waals surface area contributed by atoms with Gasteiger partial charge in [0, 0.05) is 12.1 Å². The number of methoxy groups -OCH3 is 2. The number of amides is 1. The van der Waals surface area contributed by atoms with Crippen LogP contribution in [0.4, 0.5) is 0 Å². The molecular formula is C28H27NO5. The zero-order chi connectivity index (χ0) is 24.2. The summed E-state index contributed by atoms with van der Waals surface area (Å²) in [6.45, 7) is 2.26. The Morgan fingerprint density at radius 1 is 0.853 bits per heavy atom. The molecule has 0 aromatic heterocycles. The van der Waals surface area contributed by atoms with E-state index >= 15 is 0 Å². The number of ketones is 1. The molecule has 174 valence electrons. The van der Waals surface area contributed by atoms with Gasteiger partial charge in [0.05, 0.1) is 25.8 Å². The smallest absolute Gasteiger partial charge is 0.295 e. The summed E-state index contributed by atoms with van der Waals surface area (Å²) >= 11 is 0. The summed E-state index contributed by atoms with van der Waals surface area (Å²) < 4.78 is 10.5. The van der Waals surface area contributed by atoms with E-state index in [2.05, 4.69) is 0 Å². The number of benzene rings is 3. The van der Waals surface area contributed by atoms with Crippen LogP contribution in [0.5, 0.6) is 11.5 Å². The number of rotatable bonds is 7. The lowest BCUT2D eigenvalue weighted by Crippen LogP contribution is -2.31. The zero-order valence-electron chi connectivity index (χ0n) is 19.4. The van der Waals surface area contributed by atoms with Crippen molar-refractivity contribution >= 4 is 17.4 Å². The number of hydrogen-bond donors (Lipinski definition) is 1. The van der Waals surface area contributed by atoms with Crippen molar-refractivity contribution in [3.05, 3.63) is 101 Å². The zero-order valence-corrected chi connectivity index (χ0v) is 19.4. The van der Waals surface area contributed by atoms with E-state index < -0.39 is 17.7 Å². The number of aliphatic hydroxyl groups is 1. The molecule has 6 nitrogen and oxygen atoms in total. The van der Waals surface area contributed by atoms with Crippen LogP contribution >= 0.6 is 0 Å². The van der Waals surface area contributed by atoms with Gasteiger partial charge >= 0.3 is 0 Å². The van der Waals surface area contributed by atoms with E-state index in [1.807, 2.05) is 55.5 Å². The Bertz CT molecular complexity index is 1210. The van der Waals surface area contributed by atoms with Crippen molar-refractivity contribution in [1.29, 1.82) is 0 Å². The third-order valence-corrected chi connectivity index (χ3v) is 6.10. The Morgan fingerprint density at radius 3 is 1.97 bits per heavy atom. The number of carbonyl (C=O) groups is 2. The maximum Gasteiger partial charge on any atom is 0.295 e. The van der Waals surface area contributed by atoms with E-state index in [0.717, 1.165) is 22.4 Å². The molecule has 1 heterocycles. The first-order chi connectivity index (χ1) is 16.4.